The number of benzene rings is 1. The molecule has 0 aromatic heterocycles. The highest BCUT2D eigenvalue weighted by Gasteiger charge is 2.16. The summed E-state index contributed by atoms with van der Waals surface area (Å²) in [5.74, 6) is 0.925. The molecule has 17 heavy (non-hydrogen) atoms. The van der Waals surface area contributed by atoms with Crippen molar-refractivity contribution in [2.45, 2.75) is 0 Å². The number of hydrogen-bond donors (Lipinski definition) is 1. The zero-order chi connectivity index (χ0) is 12.1. The largest absolute Gasteiger partial charge is 0.369 e. The predicted molar refractivity (Wildman–Crippen MR) is 74.3 cm³/mol. The maximum Gasteiger partial charge on any atom is 0.150 e. The molecule has 1 aliphatic heterocycles. The van der Waals surface area contributed by atoms with Gasteiger partial charge in [0, 0.05) is 49.7 Å². The lowest BCUT2D eigenvalue weighted by Gasteiger charge is -2.35. The van der Waals surface area contributed by atoms with E-state index in [1.807, 2.05) is 24.3 Å². The van der Waals surface area contributed by atoms with Crippen molar-refractivity contribution >= 4 is 24.6 Å². The smallest absolute Gasteiger partial charge is 0.150 e. The lowest BCUT2D eigenvalue weighted by molar-refractivity contribution is 0.112. The Kier molecular flexibility index (Phi) is 4.45. The average molecular weight is 250 g/mol. The fraction of sp³-hybridized carbons (Fsp3) is 0.462. The lowest BCUT2D eigenvalue weighted by atomic mass is 10.2. The Morgan fingerprint density at radius 2 is 1.76 bits per heavy atom. The minimum absolute atomic E-state index is 0.738. The summed E-state index contributed by atoms with van der Waals surface area (Å²) in [6.07, 6.45) is 0.883. The first-order valence-corrected chi connectivity index (χ1v) is 6.60. The van der Waals surface area contributed by atoms with Gasteiger partial charge < -0.3 is 4.90 Å². The number of anilines is 1. The molecule has 1 saturated heterocycles. The van der Waals surface area contributed by atoms with Crippen LogP contribution in [0.3, 0.4) is 0 Å². The Balaban J connectivity index is 1.93. The van der Waals surface area contributed by atoms with Crippen molar-refractivity contribution in [3.05, 3.63) is 29.8 Å². The fourth-order valence-electron chi connectivity index (χ4n) is 2.13. The van der Waals surface area contributed by atoms with Crippen LogP contribution in [0.2, 0.25) is 0 Å². The van der Waals surface area contributed by atoms with Gasteiger partial charge in [0.1, 0.15) is 6.29 Å². The number of nitrogens with zero attached hydrogens (tertiary/aromatic N) is 2. The summed E-state index contributed by atoms with van der Waals surface area (Å²) in [7, 11) is 0. The normalized spacial score (nSPS) is 17.1. The quantitative estimate of drug-likeness (QED) is 0.648. The number of carbonyl (C=O) groups excluding carboxylic acids is 1. The van der Waals surface area contributed by atoms with Crippen LogP contribution in [-0.4, -0.2) is 49.7 Å². The molecule has 3 nitrogen and oxygen atoms in total. The van der Waals surface area contributed by atoms with E-state index in [-0.39, 0.29) is 0 Å². The predicted octanol–water partition coefficient (Wildman–Crippen LogP) is 1.55. The molecule has 0 bridgehead atoms. The van der Waals surface area contributed by atoms with Crippen molar-refractivity contribution < 1.29 is 4.79 Å². The molecule has 0 N–H and O–H groups in total. The van der Waals surface area contributed by atoms with Gasteiger partial charge in [-0.1, -0.05) is 0 Å². The summed E-state index contributed by atoms with van der Waals surface area (Å²) >= 11 is 4.26. The van der Waals surface area contributed by atoms with Crippen molar-refractivity contribution in [3.63, 3.8) is 0 Å². The van der Waals surface area contributed by atoms with Crippen molar-refractivity contribution in [3.8, 4) is 0 Å². The van der Waals surface area contributed by atoms with Crippen LogP contribution >= 0.6 is 12.6 Å². The maximum atomic E-state index is 10.6. The van der Waals surface area contributed by atoms with E-state index in [0.29, 0.717) is 0 Å². The minimum Gasteiger partial charge on any atom is -0.369 e. The number of carbonyl (C=O) groups is 1. The highest BCUT2D eigenvalue weighted by molar-refractivity contribution is 7.80. The molecule has 1 heterocycles. The molecule has 0 aliphatic carbocycles. The van der Waals surface area contributed by atoms with E-state index in [4.69, 9.17) is 0 Å². The third-order valence-corrected chi connectivity index (χ3v) is 3.38. The third kappa shape index (κ3) is 3.23. The highest BCUT2D eigenvalue weighted by Crippen LogP contribution is 2.16. The van der Waals surface area contributed by atoms with Gasteiger partial charge in [-0.05, 0) is 24.3 Å². The van der Waals surface area contributed by atoms with E-state index >= 15 is 0 Å². The minimum atomic E-state index is 0.738. The highest BCUT2D eigenvalue weighted by atomic mass is 32.1. The molecule has 0 saturated carbocycles. The van der Waals surface area contributed by atoms with Crippen LogP contribution in [-0.2, 0) is 0 Å². The molecule has 1 aromatic rings. The number of rotatable bonds is 4. The second-order valence-corrected chi connectivity index (χ2v) is 4.71. The van der Waals surface area contributed by atoms with Crippen molar-refractivity contribution in [1.29, 1.82) is 0 Å². The Morgan fingerprint density at radius 1 is 1.12 bits per heavy atom. The van der Waals surface area contributed by atoms with Gasteiger partial charge in [-0.25, -0.2) is 0 Å². The van der Waals surface area contributed by atoms with Crippen LogP contribution in [0, 0.1) is 0 Å². The van der Waals surface area contributed by atoms with Crippen LogP contribution in [0.25, 0.3) is 0 Å². The van der Waals surface area contributed by atoms with Gasteiger partial charge in [0.2, 0.25) is 0 Å². The number of aldehydes is 1. The van der Waals surface area contributed by atoms with Gasteiger partial charge in [0.15, 0.2) is 0 Å². The molecule has 0 atom stereocenters. The van der Waals surface area contributed by atoms with Gasteiger partial charge in [-0.3, -0.25) is 9.69 Å². The molecule has 1 fully saturated rings. The molecule has 0 amide bonds. The summed E-state index contributed by atoms with van der Waals surface area (Å²) in [6, 6.07) is 7.81. The Labute approximate surface area is 108 Å². The topological polar surface area (TPSA) is 23.6 Å². The van der Waals surface area contributed by atoms with E-state index in [1.165, 1.54) is 5.69 Å². The molecule has 0 spiro atoms. The van der Waals surface area contributed by atoms with Gasteiger partial charge in [-0.2, -0.15) is 12.6 Å². The summed E-state index contributed by atoms with van der Waals surface area (Å²) in [5, 5.41) is 0. The third-order valence-electron chi connectivity index (χ3n) is 3.18. The SMILES string of the molecule is O=Cc1ccc(N2CCN(CCS)CC2)cc1. The fourth-order valence-corrected chi connectivity index (χ4v) is 2.42. The zero-order valence-electron chi connectivity index (χ0n) is 9.88. The second kappa shape index (κ2) is 6.07. The van der Waals surface area contributed by atoms with E-state index < -0.39 is 0 Å². The first-order valence-electron chi connectivity index (χ1n) is 5.97. The van der Waals surface area contributed by atoms with Gasteiger partial charge in [0.25, 0.3) is 0 Å². The van der Waals surface area contributed by atoms with Crippen molar-refractivity contribution in [1.82, 2.24) is 4.90 Å². The molecule has 1 aromatic carbocycles. The van der Waals surface area contributed by atoms with Crippen LogP contribution in [0.5, 0.6) is 0 Å². The number of piperazine rings is 1. The van der Waals surface area contributed by atoms with Crippen LogP contribution < -0.4 is 4.90 Å². The van der Waals surface area contributed by atoms with Crippen LogP contribution in [0.15, 0.2) is 24.3 Å². The van der Waals surface area contributed by atoms with E-state index in [1.54, 1.807) is 0 Å². The summed E-state index contributed by atoms with van der Waals surface area (Å²) in [5.41, 5.74) is 1.95. The number of hydrogen-bond acceptors (Lipinski definition) is 4. The Bertz CT molecular complexity index is 358. The van der Waals surface area contributed by atoms with Crippen molar-refractivity contribution in [2.75, 3.05) is 43.4 Å². The second-order valence-electron chi connectivity index (χ2n) is 4.26. The monoisotopic (exact) mass is 250 g/mol. The maximum absolute atomic E-state index is 10.6. The molecule has 4 heteroatoms. The van der Waals surface area contributed by atoms with E-state index in [0.717, 1.165) is 50.3 Å². The van der Waals surface area contributed by atoms with Crippen LogP contribution in [0.1, 0.15) is 10.4 Å². The van der Waals surface area contributed by atoms with Crippen molar-refractivity contribution in [2.24, 2.45) is 0 Å². The molecule has 0 radical (unpaired) electrons. The molecule has 2 rings (SSSR count). The molecular weight excluding hydrogens is 232 g/mol. The standard InChI is InChI=1S/C13H18N2OS/c16-11-12-1-3-13(4-2-12)15-7-5-14(6-8-15)9-10-17/h1-4,11,17H,5-10H2. The summed E-state index contributed by atoms with van der Waals surface area (Å²) in [6.45, 7) is 5.36. The molecule has 0 unspecified atom stereocenters. The first kappa shape index (κ1) is 12.5. The zero-order valence-corrected chi connectivity index (χ0v) is 10.8. The molecule has 92 valence electrons. The average Bonchev–Trinajstić information content (AvgIpc) is 2.40. The number of thiol groups is 1. The summed E-state index contributed by atoms with van der Waals surface area (Å²) < 4.78 is 0. The Morgan fingerprint density at radius 3 is 2.29 bits per heavy atom. The first-order chi connectivity index (χ1) is 8.33. The Hall–Kier alpha value is -1.00. The van der Waals surface area contributed by atoms with Crippen LogP contribution in [0.4, 0.5) is 5.69 Å². The summed E-state index contributed by atoms with van der Waals surface area (Å²) in [4.78, 5) is 15.4. The molecular formula is C13H18N2OS. The van der Waals surface area contributed by atoms with E-state index in [9.17, 15) is 4.79 Å². The van der Waals surface area contributed by atoms with E-state index in [2.05, 4.69) is 22.4 Å². The lowest BCUT2D eigenvalue weighted by Crippen LogP contribution is -2.46. The van der Waals surface area contributed by atoms with Gasteiger partial charge in [0.05, 0.1) is 0 Å². The van der Waals surface area contributed by atoms with Gasteiger partial charge in [-0.15, -0.1) is 0 Å². The molecule has 1 aliphatic rings. The van der Waals surface area contributed by atoms with Gasteiger partial charge >= 0.3 is 0 Å².